The molecule has 23 heavy (non-hydrogen) atoms. The van der Waals surface area contributed by atoms with E-state index in [1.807, 2.05) is 6.92 Å². The van der Waals surface area contributed by atoms with Crippen molar-refractivity contribution in [1.82, 2.24) is 0 Å². The van der Waals surface area contributed by atoms with E-state index >= 15 is 0 Å². The van der Waals surface area contributed by atoms with Crippen molar-refractivity contribution in [2.45, 2.75) is 51.0 Å². The Morgan fingerprint density at radius 3 is 2.61 bits per heavy atom. The number of halogens is 3. The van der Waals surface area contributed by atoms with Crippen LogP contribution in [0.2, 0.25) is 0 Å². The maximum Gasteiger partial charge on any atom is 0.418 e. The van der Waals surface area contributed by atoms with Crippen molar-refractivity contribution in [2.75, 3.05) is 11.2 Å². The highest BCUT2D eigenvalue weighted by atomic mass is 32.2. The first-order chi connectivity index (χ1) is 10.8. The van der Waals surface area contributed by atoms with Crippen molar-refractivity contribution in [2.24, 2.45) is 0 Å². The van der Waals surface area contributed by atoms with Gasteiger partial charge in [0.1, 0.15) is 0 Å². The fourth-order valence-corrected chi connectivity index (χ4v) is 2.92. The predicted molar refractivity (Wildman–Crippen MR) is 87.8 cm³/mol. The van der Waals surface area contributed by atoms with Crippen molar-refractivity contribution in [3.8, 4) is 0 Å². The molecule has 0 saturated carbocycles. The number of benzene rings is 1. The van der Waals surface area contributed by atoms with Crippen LogP contribution in [-0.4, -0.2) is 16.1 Å². The summed E-state index contributed by atoms with van der Waals surface area (Å²) >= 11 is 1.54. The normalized spacial score (nSPS) is 12.9. The van der Waals surface area contributed by atoms with E-state index in [9.17, 15) is 23.3 Å². The minimum Gasteiger partial charge on any atom is -0.376 e. The zero-order valence-corrected chi connectivity index (χ0v) is 14.0. The van der Waals surface area contributed by atoms with Gasteiger partial charge in [-0.3, -0.25) is 10.1 Å². The van der Waals surface area contributed by atoms with E-state index in [1.54, 1.807) is 0 Å². The van der Waals surface area contributed by atoms with Gasteiger partial charge in [0.05, 0.1) is 16.4 Å². The molecule has 8 heteroatoms. The van der Waals surface area contributed by atoms with Gasteiger partial charge in [0.25, 0.3) is 5.69 Å². The molecule has 130 valence electrons. The van der Waals surface area contributed by atoms with Crippen LogP contribution in [0.4, 0.5) is 24.5 Å². The topological polar surface area (TPSA) is 55.2 Å². The van der Waals surface area contributed by atoms with E-state index in [2.05, 4.69) is 12.2 Å². The van der Waals surface area contributed by atoms with Gasteiger partial charge in [-0.15, -0.1) is 11.8 Å². The third-order valence-electron chi connectivity index (χ3n) is 3.36. The summed E-state index contributed by atoms with van der Waals surface area (Å²) < 4.78 is 39.0. The average Bonchev–Trinajstić information content (AvgIpc) is 2.46. The Bertz CT molecular complexity index is 524. The van der Waals surface area contributed by atoms with Gasteiger partial charge in [0.15, 0.2) is 0 Å². The van der Waals surface area contributed by atoms with Crippen molar-refractivity contribution in [3.05, 3.63) is 33.9 Å². The maximum absolute atomic E-state index is 13.0. The molecular weight excluding hydrogens is 329 g/mol. The molecule has 0 aliphatic carbocycles. The van der Waals surface area contributed by atoms with E-state index in [0.717, 1.165) is 37.8 Å². The second-order valence-electron chi connectivity index (χ2n) is 5.28. The highest BCUT2D eigenvalue weighted by Crippen LogP contribution is 2.37. The molecule has 0 aromatic heterocycles. The van der Waals surface area contributed by atoms with Gasteiger partial charge < -0.3 is 5.32 Å². The number of hydrogen-bond acceptors (Lipinski definition) is 4. The van der Waals surface area contributed by atoms with E-state index in [-0.39, 0.29) is 5.69 Å². The van der Waals surface area contributed by atoms with Gasteiger partial charge in [-0.25, -0.2) is 0 Å². The predicted octanol–water partition coefficient (Wildman–Crippen LogP) is 5.69. The Kier molecular flexibility index (Phi) is 7.67. The number of nitro benzene ring substituents is 1. The lowest BCUT2D eigenvalue weighted by atomic mass is 10.1. The zero-order valence-electron chi connectivity index (χ0n) is 13.2. The number of anilines is 1. The fraction of sp³-hybridized carbons (Fsp3) is 0.600. The van der Waals surface area contributed by atoms with Gasteiger partial charge >= 0.3 is 6.18 Å². The zero-order chi connectivity index (χ0) is 17.5. The highest BCUT2D eigenvalue weighted by Gasteiger charge is 2.35. The molecule has 0 saturated heterocycles. The Labute approximate surface area is 138 Å². The molecule has 0 bridgehead atoms. The third kappa shape index (κ3) is 6.68. The Hall–Kier alpha value is -1.44. The Morgan fingerprint density at radius 2 is 2.04 bits per heavy atom. The first-order valence-corrected chi connectivity index (χ1v) is 8.51. The quantitative estimate of drug-likeness (QED) is 0.269. The number of thioether (sulfide) groups is 1. The Morgan fingerprint density at radius 1 is 1.35 bits per heavy atom. The maximum atomic E-state index is 13.0. The summed E-state index contributed by atoms with van der Waals surface area (Å²) in [6, 6.07) is 2.76. The van der Waals surface area contributed by atoms with Crippen LogP contribution in [0.25, 0.3) is 0 Å². The van der Waals surface area contributed by atoms with Gasteiger partial charge in [0.2, 0.25) is 0 Å². The van der Waals surface area contributed by atoms with E-state index in [1.165, 1.54) is 11.8 Å². The molecule has 1 aromatic rings. The second kappa shape index (κ2) is 9.00. The van der Waals surface area contributed by atoms with Crippen molar-refractivity contribution in [1.29, 1.82) is 0 Å². The summed E-state index contributed by atoms with van der Waals surface area (Å²) in [5, 5.41) is 13.7. The van der Waals surface area contributed by atoms with Gasteiger partial charge in [-0.05, 0) is 12.5 Å². The lowest BCUT2D eigenvalue weighted by Gasteiger charge is -2.16. The SMILES string of the molecule is CCCCC[C@H](C)SCNc1ccc([N+](=O)[O-])cc1C(F)(F)F. The molecule has 0 aliphatic rings. The lowest BCUT2D eigenvalue weighted by molar-refractivity contribution is -0.385. The van der Waals surface area contributed by atoms with Crippen LogP contribution in [0.1, 0.15) is 45.1 Å². The highest BCUT2D eigenvalue weighted by molar-refractivity contribution is 7.99. The molecule has 0 spiro atoms. The molecule has 0 unspecified atom stereocenters. The smallest absolute Gasteiger partial charge is 0.376 e. The molecule has 0 heterocycles. The number of nitro groups is 1. The standard InChI is InChI=1S/C15H21F3N2O2S/c1-3-4-5-6-11(2)23-10-19-14-8-7-12(20(21)22)9-13(14)15(16,17)18/h7-9,11,19H,3-6,10H2,1-2H3/t11-/m0/s1. The number of alkyl halides is 3. The van der Waals surface area contributed by atoms with E-state index < -0.39 is 22.4 Å². The number of nitrogens with zero attached hydrogens (tertiary/aromatic N) is 1. The largest absolute Gasteiger partial charge is 0.418 e. The molecule has 1 N–H and O–H groups in total. The summed E-state index contributed by atoms with van der Waals surface area (Å²) in [6.07, 6.45) is -0.222. The first-order valence-electron chi connectivity index (χ1n) is 7.46. The monoisotopic (exact) mass is 350 g/mol. The summed E-state index contributed by atoms with van der Waals surface area (Å²) in [5.41, 5.74) is -1.70. The van der Waals surface area contributed by atoms with Crippen molar-refractivity contribution < 1.29 is 18.1 Å². The van der Waals surface area contributed by atoms with Crippen LogP contribution in [0.3, 0.4) is 0 Å². The first kappa shape index (κ1) is 19.6. The molecule has 0 amide bonds. The fourth-order valence-electron chi connectivity index (χ4n) is 2.06. The summed E-state index contributed by atoms with van der Waals surface area (Å²) in [4.78, 5) is 9.80. The van der Waals surface area contributed by atoms with Crippen LogP contribution < -0.4 is 5.32 Å². The van der Waals surface area contributed by atoms with E-state index in [4.69, 9.17) is 0 Å². The number of nitrogens with one attached hydrogen (secondary N) is 1. The van der Waals surface area contributed by atoms with Crippen LogP contribution in [0.5, 0.6) is 0 Å². The summed E-state index contributed by atoms with van der Waals surface area (Å²) in [7, 11) is 0. The molecule has 0 fully saturated rings. The van der Waals surface area contributed by atoms with Crippen LogP contribution in [-0.2, 0) is 6.18 Å². The van der Waals surface area contributed by atoms with Crippen molar-refractivity contribution in [3.63, 3.8) is 0 Å². The minimum atomic E-state index is -4.63. The number of hydrogen-bond donors (Lipinski definition) is 1. The summed E-state index contributed by atoms with van der Waals surface area (Å²) in [5.74, 6) is 0.328. The third-order valence-corrected chi connectivity index (χ3v) is 4.48. The van der Waals surface area contributed by atoms with Crippen LogP contribution in [0.15, 0.2) is 18.2 Å². The minimum absolute atomic E-state index is 0.128. The molecule has 4 nitrogen and oxygen atoms in total. The molecule has 1 atom stereocenters. The van der Waals surface area contributed by atoms with Gasteiger partial charge in [-0.1, -0.05) is 33.1 Å². The second-order valence-corrected chi connectivity index (χ2v) is 6.71. The van der Waals surface area contributed by atoms with E-state index in [0.29, 0.717) is 17.2 Å². The number of non-ortho nitro benzene ring substituents is 1. The molecule has 0 aliphatic heterocycles. The summed E-state index contributed by atoms with van der Waals surface area (Å²) in [6.45, 7) is 4.16. The molecular formula is C15H21F3N2O2S. The average molecular weight is 350 g/mol. The Balaban J connectivity index is 2.67. The van der Waals surface area contributed by atoms with Crippen LogP contribution in [0, 0.1) is 10.1 Å². The lowest BCUT2D eigenvalue weighted by Crippen LogP contribution is -2.12. The van der Waals surface area contributed by atoms with Crippen molar-refractivity contribution >= 4 is 23.1 Å². The number of unbranched alkanes of at least 4 members (excludes halogenated alkanes) is 2. The van der Waals surface area contributed by atoms with Crippen LogP contribution >= 0.6 is 11.8 Å². The molecule has 1 rings (SSSR count). The number of rotatable bonds is 9. The van der Waals surface area contributed by atoms with Gasteiger partial charge in [-0.2, -0.15) is 13.2 Å². The molecule has 1 aromatic carbocycles. The molecule has 0 radical (unpaired) electrons. The van der Waals surface area contributed by atoms with Gasteiger partial charge in [0, 0.05) is 23.1 Å².